The zero-order chi connectivity index (χ0) is 19.3. The standard InChI is InChI=1S/C22H20FN3O2/c1-28-21-4-2-3-20-15(21)7-9-25(20)13-22(27)26-10-8-19-17(12-26)16-11-14(23)5-6-18(16)24-19/h2-7,9,11,24H,8,10,12-13H2,1H3. The molecule has 28 heavy (non-hydrogen) atoms. The Morgan fingerprint density at radius 3 is 2.96 bits per heavy atom. The molecule has 3 heterocycles. The molecule has 5 nitrogen and oxygen atoms in total. The van der Waals surface area contributed by atoms with Gasteiger partial charge in [0.1, 0.15) is 18.1 Å². The van der Waals surface area contributed by atoms with Crippen molar-refractivity contribution in [1.29, 1.82) is 0 Å². The summed E-state index contributed by atoms with van der Waals surface area (Å²) >= 11 is 0. The van der Waals surface area contributed by atoms with Crippen LogP contribution in [0.15, 0.2) is 48.7 Å². The smallest absolute Gasteiger partial charge is 0.242 e. The summed E-state index contributed by atoms with van der Waals surface area (Å²) in [6, 6.07) is 12.6. The highest BCUT2D eigenvalue weighted by molar-refractivity contribution is 5.89. The molecule has 6 heteroatoms. The Morgan fingerprint density at radius 2 is 2.11 bits per heavy atom. The second-order valence-corrected chi connectivity index (χ2v) is 7.17. The molecule has 0 unspecified atom stereocenters. The van der Waals surface area contributed by atoms with Gasteiger partial charge in [-0.25, -0.2) is 4.39 Å². The van der Waals surface area contributed by atoms with Gasteiger partial charge in [-0.3, -0.25) is 4.79 Å². The zero-order valence-electron chi connectivity index (χ0n) is 15.5. The number of hydrogen-bond acceptors (Lipinski definition) is 2. The van der Waals surface area contributed by atoms with Crippen molar-refractivity contribution in [3.05, 3.63) is 65.7 Å². The molecule has 2 aromatic carbocycles. The first-order chi connectivity index (χ1) is 13.6. The Labute approximate surface area is 161 Å². The number of hydrogen-bond donors (Lipinski definition) is 1. The predicted molar refractivity (Wildman–Crippen MR) is 106 cm³/mol. The van der Waals surface area contributed by atoms with Crippen molar-refractivity contribution in [1.82, 2.24) is 14.5 Å². The Balaban J connectivity index is 1.42. The lowest BCUT2D eigenvalue weighted by Gasteiger charge is -2.27. The molecular formula is C22H20FN3O2. The maximum absolute atomic E-state index is 13.7. The maximum Gasteiger partial charge on any atom is 0.242 e. The van der Waals surface area contributed by atoms with Crippen LogP contribution in [0, 0.1) is 5.82 Å². The minimum atomic E-state index is -0.259. The van der Waals surface area contributed by atoms with E-state index in [-0.39, 0.29) is 18.3 Å². The number of carbonyl (C=O) groups is 1. The van der Waals surface area contributed by atoms with Crippen LogP contribution in [-0.2, 0) is 24.3 Å². The number of methoxy groups -OCH3 is 1. The van der Waals surface area contributed by atoms with Gasteiger partial charge in [-0.15, -0.1) is 0 Å². The molecule has 0 aliphatic carbocycles. The van der Waals surface area contributed by atoms with E-state index in [0.29, 0.717) is 13.1 Å². The second kappa shape index (κ2) is 6.41. The van der Waals surface area contributed by atoms with Crippen molar-refractivity contribution in [2.45, 2.75) is 19.5 Å². The van der Waals surface area contributed by atoms with Gasteiger partial charge >= 0.3 is 0 Å². The Morgan fingerprint density at radius 1 is 1.21 bits per heavy atom. The molecule has 0 fully saturated rings. The molecule has 0 saturated carbocycles. The lowest BCUT2D eigenvalue weighted by molar-refractivity contribution is -0.132. The van der Waals surface area contributed by atoms with Crippen molar-refractivity contribution < 1.29 is 13.9 Å². The summed E-state index contributed by atoms with van der Waals surface area (Å²) in [4.78, 5) is 18.2. The average molecular weight is 377 g/mol. The van der Waals surface area contributed by atoms with E-state index >= 15 is 0 Å². The number of carbonyl (C=O) groups excluding carboxylic acids is 1. The molecule has 1 amide bonds. The number of rotatable bonds is 3. The van der Waals surface area contributed by atoms with Gasteiger partial charge < -0.3 is 19.2 Å². The van der Waals surface area contributed by atoms with E-state index in [2.05, 4.69) is 4.98 Å². The first-order valence-corrected chi connectivity index (χ1v) is 9.32. The fourth-order valence-corrected chi connectivity index (χ4v) is 4.16. The Hall–Kier alpha value is -3.28. The van der Waals surface area contributed by atoms with E-state index in [1.807, 2.05) is 39.9 Å². The van der Waals surface area contributed by atoms with Gasteiger partial charge in [-0.05, 0) is 36.4 Å². The Bertz CT molecular complexity index is 1210. The summed E-state index contributed by atoms with van der Waals surface area (Å²) in [7, 11) is 1.65. The van der Waals surface area contributed by atoms with Crippen LogP contribution in [0.5, 0.6) is 5.75 Å². The average Bonchev–Trinajstić information content (AvgIpc) is 3.28. The summed E-state index contributed by atoms with van der Waals surface area (Å²) in [6.07, 6.45) is 2.67. The SMILES string of the molecule is COc1cccc2c1ccn2CC(=O)N1CCc2[nH]c3ccc(F)cc3c2C1. The summed E-state index contributed by atoms with van der Waals surface area (Å²) < 4.78 is 21.0. The monoisotopic (exact) mass is 377 g/mol. The van der Waals surface area contributed by atoms with Gasteiger partial charge in [0, 0.05) is 53.3 Å². The molecule has 0 saturated heterocycles. The molecule has 5 rings (SSSR count). The maximum atomic E-state index is 13.7. The number of amides is 1. The van der Waals surface area contributed by atoms with Gasteiger partial charge in [0.25, 0.3) is 0 Å². The summed E-state index contributed by atoms with van der Waals surface area (Å²) in [6.45, 7) is 1.42. The third-order valence-corrected chi connectivity index (χ3v) is 5.59. The van der Waals surface area contributed by atoms with Crippen LogP contribution >= 0.6 is 0 Å². The van der Waals surface area contributed by atoms with Crippen molar-refractivity contribution >= 4 is 27.7 Å². The molecule has 1 aliphatic heterocycles. The fraction of sp³-hybridized carbons (Fsp3) is 0.227. The normalized spacial score (nSPS) is 13.9. The van der Waals surface area contributed by atoms with Gasteiger partial charge in [0.05, 0.1) is 12.6 Å². The number of aromatic nitrogens is 2. The van der Waals surface area contributed by atoms with E-state index in [9.17, 15) is 9.18 Å². The van der Waals surface area contributed by atoms with Crippen LogP contribution in [-0.4, -0.2) is 34.0 Å². The molecule has 142 valence electrons. The highest BCUT2D eigenvalue weighted by atomic mass is 19.1. The summed E-state index contributed by atoms with van der Waals surface area (Å²) in [5.41, 5.74) is 4.01. The van der Waals surface area contributed by atoms with E-state index in [4.69, 9.17) is 4.74 Å². The number of nitrogens with zero attached hydrogens (tertiary/aromatic N) is 2. The summed E-state index contributed by atoms with van der Waals surface area (Å²) in [5.74, 6) is 0.592. The van der Waals surface area contributed by atoms with Crippen molar-refractivity contribution in [2.24, 2.45) is 0 Å². The lowest BCUT2D eigenvalue weighted by atomic mass is 10.0. The summed E-state index contributed by atoms with van der Waals surface area (Å²) in [5, 5.41) is 1.86. The third kappa shape index (κ3) is 2.64. The molecule has 4 aromatic rings. The number of H-pyrrole nitrogens is 1. The predicted octanol–water partition coefficient (Wildman–Crippen LogP) is 3.86. The van der Waals surface area contributed by atoms with Crippen LogP contribution in [0.2, 0.25) is 0 Å². The number of benzene rings is 2. The number of aromatic amines is 1. The van der Waals surface area contributed by atoms with Crippen LogP contribution < -0.4 is 4.74 Å². The number of fused-ring (bicyclic) bond motifs is 4. The first kappa shape index (κ1) is 16.9. The third-order valence-electron chi connectivity index (χ3n) is 5.59. The van der Waals surface area contributed by atoms with E-state index < -0.39 is 0 Å². The van der Waals surface area contributed by atoms with Gasteiger partial charge in [0.2, 0.25) is 5.91 Å². The van der Waals surface area contributed by atoms with Gasteiger partial charge in [-0.2, -0.15) is 0 Å². The molecule has 2 aromatic heterocycles. The van der Waals surface area contributed by atoms with Gasteiger partial charge in [-0.1, -0.05) is 6.07 Å². The highest BCUT2D eigenvalue weighted by Crippen LogP contribution is 2.29. The van der Waals surface area contributed by atoms with Crippen LogP contribution in [0.25, 0.3) is 21.8 Å². The second-order valence-electron chi connectivity index (χ2n) is 7.17. The molecule has 0 atom stereocenters. The zero-order valence-corrected chi connectivity index (χ0v) is 15.5. The molecule has 1 N–H and O–H groups in total. The Kier molecular flexibility index (Phi) is 3.86. The van der Waals surface area contributed by atoms with Crippen LogP contribution in [0.1, 0.15) is 11.3 Å². The number of halogens is 1. The highest BCUT2D eigenvalue weighted by Gasteiger charge is 2.24. The minimum Gasteiger partial charge on any atom is -0.496 e. The van der Waals surface area contributed by atoms with E-state index in [0.717, 1.165) is 45.2 Å². The number of nitrogens with one attached hydrogen (secondary N) is 1. The molecular weight excluding hydrogens is 357 g/mol. The molecule has 0 bridgehead atoms. The van der Waals surface area contributed by atoms with E-state index in [1.165, 1.54) is 6.07 Å². The fourth-order valence-electron chi connectivity index (χ4n) is 4.16. The van der Waals surface area contributed by atoms with Crippen molar-refractivity contribution in [3.63, 3.8) is 0 Å². The van der Waals surface area contributed by atoms with Crippen LogP contribution in [0.3, 0.4) is 0 Å². The van der Waals surface area contributed by atoms with Crippen molar-refractivity contribution in [3.8, 4) is 5.75 Å². The number of ether oxygens (including phenoxy) is 1. The molecule has 1 aliphatic rings. The topological polar surface area (TPSA) is 50.3 Å². The lowest BCUT2D eigenvalue weighted by Crippen LogP contribution is -2.37. The van der Waals surface area contributed by atoms with Gasteiger partial charge in [0.15, 0.2) is 0 Å². The molecule has 0 spiro atoms. The quantitative estimate of drug-likeness (QED) is 0.590. The van der Waals surface area contributed by atoms with E-state index in [1.54, 1.807) is 19.2 Å². The molecule has 0 radical (unpaired) electrons. The minimum absolute atomic E-state index is 0.0525. The first-order valence-electron chi connectivity index (χ1n) is 9.32. The van der Waals surface area contributed by atoms with Crippen LogP contribution in [0.4, 0.5) is 4.39 Å². The van der Waals surface area contributed by atoms with Crippen molar-refractivity contribution in [2.75, 3.05) is 13.7 Å². The largest absolute Gasteiger partial charge is 0.496 e.